The lowest BCUT2D eigenvalue weighted by molar-refractivity contribution is -0.151. The number of piperidine rings is 1. The van der Waals surface area contributed by atoms with E-state index >= 15 is 0 Å². The highest BCUT2D eigenvalue weighted by molar-refractivity contribution is 6.05. The third-order valence-corrected chi connectivity index (χ3v) is 4.92. The Hall–Kier alpha value is -2.21. The summed E-state index contributed by atoms with van der Waals surface area (Å²) in [6.45, 7) is 3.69. The van der Waals surface area contributed by atoms with E-state index in [0.717, 1.165) is 24.9 Å². The number of nitrogens with zero attached hydrogens (tertiary/aromatic N) is 2. The first kappa shape index (κ1) is 17.6. The van der Waals surface area contributed by atoms with Gasteiger partial charge in [-0.25, -0.2) is 0 Å². The summed E-state index contributed by atoms with van der Waals surface area (Å²) in [4.78, 5) is 40.4. The highest BCUT2D eigenvalue weighted by Crippen LogP contribution is 2.26. The molecule has 1 aromatic carbocycles. The Labute approximate surface area is 147 Å². The van der Waals surface area contributed by atoms with Gasteiger partial charge in [-0.05, 0) is 31.9 Å². The van der Waals surface area contributed by atoms with Crippen molar-refractivity contribution in [3.63, 3.8) is 0 Å². The van der Waals surface area contributed by atoms with Crippen molar-refractivity contribution in [1.29, 1.82) is 0 Å². The van der Waals surface area contributed by atoms with E-state index in [9.17, 15) is 14.4 Å². The summed E-state index contributed by atoms with van der Waals surface area (Å²) in [5, 5.41) is 0. The van der Waals surface area contributed by atoms with Crippen LogP contribution in [0.1, 0.15) is 31.7 Å². The molecule has 0 unspecified atom stereocenters. The second kappa shape index (κ2) is 7.78. The van der Waals surface area contributed by atoms with Gasteiger partial charge in [-0.15, -0.1) is 0 Å². The predicted molar refractivity (Wildman–Crippen MR) is 91.3 cm³/mol. The van der Waals surface area contributed by atoms with Gasteiger partial charge in [0.1, 0.15) is 0 Å². The van der Waals surface area contributed by atoms with Gasteiger partial charge in [0, 0.05) is 6.54 Å². The van der Waals surface area contributed by atoms with Crippen molar-refractivity contribution in [2.75, 3.05) is 19.7 Å². The first-order valence-corrected chi connectivity index (χ1v) is 8.89. The van der Waals surface area contributed by atoms with Gasteiger partial charge in [0.2, 0.25) is 11.8 Å². The average Bonchev–Trinajstić information content (AvgIpc) is 2.91. The number of carbonyl (C=O) groups is 3. The largest absolute Gasteiger partial charge is 0.466 e. The molecule has 3 rings (SSSR count). The van der Waals surface area contributed by atoms with Crippen LogP contribution in [-0.2, 0) is 25.7 Å². The van der Waals surface area contributed by atoms with Gasteiger partial charge in [0.05, 0.1) is 31.5 Å². The number of amides is 2. The van der Waals surface area contributed by atoms with Gasteiger partial charge in [-0.2, -0.15) is 0 Å². The van der Waals surface area contributed by atoms with Crippen molar-refractivity contribution in [2.45, 2.75) is 38.8 Å². The Kier molecular flexibility index (Phi) is 5.48. The van der Waals surface area contributed by atoms with E-state index in [-0.39, 0.29) is 30.1 Å². The minimum Gasteiger partial charge on any atom is -0.466 e. The Morgan fingerprint density at radius 3 is 2.72 bits per heavy atom. The van der Waals surface area contributed by atoms with Crippen LogP contribution in [0.5, 0.6) is 0 Å². The minimum atomic E-state index is -0.451. The molecule has 0 saturated carbocycles. The maximum atomic E-state index is 12.8. The summed E-state index contributed by atoms with van der Waals surface area (Å²) in [7, 11) is 0. The molecule has 0 N–H and O–H groups in total. The quantitative estimate of drug-likeness (QED) is 0.599. The number of carbonyl (C=O) groups excluding carboxylic acids is 3. The second-order valence-electron chi connectivity index (χ2n) is 6.61. The van der Waals surface area contributed by atoms with E-state index in [0.29, 0.717) is 19.7 Å². The number of likely N-dealkylation sites (tertiary alicyclic amines) is 2. The van der Waals surface area contributed by atoms with Crippen molar-refractivity contribution in [2.24, 2.45) is 5.92 Å². The third kappa shape index (κ3) is 3.90. The van der Waals surface area contributed by atoms with Crippen LogP contribution in [0.4, 0.5) is 0 Å². The molecule has 6 heteroatoms. The molecule has 134 valence electrons. The molecule has 2 saturated heterocycles. The minimum absolute atomic E-state index is 0.142. The lowest BCUT2D eigenvalue weighted by Crippen LogP contribution is -2.48. The second-order valence-corrected chi connectivity index (χ2v) is 6.61. The molecule has 0 bridgehead atoms. The molecule has 2 amide bonds. The van der Waals surface area contributed by atoms with Crippen LogP contribution in [-0.4, -0.2) is 53.3 Å². The number of ether oxygens (including phenoxy) is 1. The van der Waals surface area contributed by atoms with E-state index in [1.807, 2.05) is 35.2 Å². The predicted octanol–water partition coefficient (Wildman–Crippen LogP) is 1.59. The molecule has 2 heterocycles. The van der Waals surface area contributed by atoms with Gasteiger partial charge in [0.25, 0.3) is 0 Å². The average molecular weight is 344 g/mol. The van der Waals surface area contributed by atoms with Gasteiger partial charge in [-0.3, -0.25) is 24.2 Å². The molecule has 0 spiro atoms. The van der Waals surface area contributed by atoms with Crippen LogP contribution in [0.3, 0.4) is 0 Å². The summed E-state index contributed by atoms with van der Waals surface area (Å²) in [5.41, 5.74) is 0.938. The van der Waals surface area contributed by atoms with Gasteiger partial charge in [0.15, 0.2) is 0 Å². The molecule has 0 radical (unpaired) electrons. The molecule has 2 aliphatic heterocycles. The van der Waals surface area contributed by atoms with E-state index in [4.69, 9.17) is 4.74 Å². The fourth-order valence-corrected chi connectivity index (χ4v) is 3.63. The zero-order chi connectivity index (χ0) is 17.8. The Bertz CT molecular complexity index is 646. The topological polar surface area (TPSA) is 66.9 Å². The maximum absolute atomic E-state index is 12.8. The van der Waals surface area contributed by atoms with Crippen molar-refractivity contribution in [3.05, 3.63) is 35.9 Å². The van der Waals surface area contributed by atoms with Crippen molar-refractivity contribution in [3.8, 4) is 0 Å². The SMILES string of the molecule is CCOC(=O)[C@H]1CCCN([C@@H]2CC(=O)N(Cc3ccccc3)C2=O)C1. The van der Waals surface area contributed by atoms with Crippen LogP contribution in [0, 0.1) is 5.92 Å². The van der Waals surface area contributed by atoms with Crippen LogP contribution in [0.15, 0.2) is 30.3 Å². The lowest BCUT2D eigenvalue weighted by Gasteiger charge is -2.34. The van der Waals surface area contributed by atoms with Gasteiger partial charge >= 0.3 is 5.97 Å². The van der Waals surface area contributed by atoms with Crippen LogP contribution in [0.2, 0.25) is 0 Å². The van der Waals surface area contributed by atoms with Crippen molar-refractivity contribution >= 4 is 17.8 Å². The summed E-state index contributed by atoms with van der Waals surface area (Å²) in [6, 6.07) is 9.06. The van der Waals surface area contributed by atoms with Crippen molar-refractivity contribution in [1.82, 2.24) is 9.80 Å². The Morgan fingerprint density at radius 1 is 1.24 bits per heavy atom. The highest BCUT2D eigenvalue weighted by atomic mass is 16.5. The molecule has 0 aromatic heterocycles. The van der Waals surface area contributed by atoms with Crippen LogP contribution in [0.25, 0.3) is 0 Å². The molecular weight excluding hydrogens is 320 g/mol. The van der Waals surface area contributed by atoms with E-state index in [1.54, 1.807) is 6.92 Å². The number of hydrogen-bond donors (Lipinski definition) is 0. The number of rotatable bonds is 5. The van der Waals surface area contributed by atoms with Gasteiger partial charge in [-0.1, -0.05) is 30.3 Å². The number of hydrogen-bond acceptors (Lipinski definition) is 5. The molecule has 25 heavy (non-hydrogen) atoms. The number of benzene rings is 1. The first-order chi connectivity index (χ1) is 12.1. The summed E-state index contributed by atoms with van der Waals surface area (Å²) < 4.78 is 5.11. The van der Waals surface area contributed by atoms with Crippen LogP contribution >= 0.6 is 0 Å². The zero-order valence-electron chi connectivity index (χ0n) is 14.5. The number of imide groups is 1. The smallest absolute Gasteiger partial charge is 0.310 e. The Balaban J connectivity index is 1.66. The number of esters is 1. The Morgan fingerprint density at radius 2 is 2.00 bits per heavy atom. The van der Waals surface area contributed by atoms with Crippen LogP contribution < -0.4 is 0 Å². The monoisotopic (exact) mass is 344 g/mol. The standard InChI is InChI=1S/C19H24N2O4/c1-2-25-19(24)15-9-6-10-20(13-15)16-11-17(22)21(18(16)23)12-14-7-4-3-5-8-14/h3-5,7-8,15-16H,2,6,9-13H2,1H3/t15-,16+/m0/s1. The fraction of sp³-hybridized carbons (Fsp3) is 0.526. The van der Waals surface area contributed by atoms with E-state index < -0.39 is 6.04 Å². The summed E-state index contributed by atoms with van der Waals surface area (Å²) in [5.74, 6) is -0.708. The molecule has 2 atom stereocenters. The molecule has 2 aliphatic rings. The van der Waals surface area contributed by atoms with Gasteiger partial charge < -0.3 is 4.74 Å². The molecule has 1 aromatic rings. The zero-order valence-corrected chi connectivity index (χ0v) is 14.5. The lowest BCUT2D eigenvalue weighted by atomic mass is 9.96. The molecule has 2 fully saturated rings. The first-order valence-electron chi connectivity index (χ1n) is 8.89. The maximum Gasteiger partial charge on any atom is 0.310 e. The molecular formula is C19H24N2O4. The van der Waals surface area contributed by atoms with E-state index in [1.165, 1.54) is 4.90 Å². The molecule has 6 nitrogen and oxygen atoms in total. The van der Waals surface area contributed by atoms with Crippen molar-refractivity contribution < 1.29 is 19.1 Å². The molecule has 0 aliphatic carbocycles. The highest BCUT2D eigenvalue weighted by Gasteiger charge is 2.43. The summed E-state index contributed by atoms with van der Waals surface area (Å²) >= 11 is 0. The van der Waals surface area contributed by atoms with E-state index in [2.05, 4.69) is 0 Å². The third-order valence-electron chi connectivity index (χ3n) is 4.92. The summed E-state index contributed by atoms with van der Waals surface area (Å²) in [6.07, 6.45) is 1.80. The normalized spacial score (nSPS) is 24.6. The fourth-order valence-electron chi connectivity index (χ4n) is 3.63.